The van der Waals surface area contributed by atoms with Crippen molar-refractivity contribution in [2.75, 3.05) is 27.4 Å². The highest BCUT2D eigenvalue weighted by Crippen LogP contribution is 2.41. The van der Waals surface area contributed by atoms with Gasteiger partial charge in [0, 0.05) is 5.41 Å². The minimum Gasteiger partial charge on any atom is -0.493 e. The predicted molar refractivity (Wildman–Crippen MR) is 168 cm³/mol. The van der Waals surface area contributed by atoms with Gasteiger partial charge in [0.15, 0.2) is 16.7 Å². The molecule has 42 heavy (non-hydrogen) atoms. The van der Waals surface area contributed by atoms with Crippen LogP contribution in [0, 0.1) is 5.41 Å². The van der Waals surface area contributed by atoms with Gasteiger partial charge < -0.3 is 18.9 Å². The van der Waals surface area contributed by atoms with Crippen LogP contribution < -0.4 is 18.9 Å². The molecule has 3 aromatic rings. The lowest BCUT2D eigenvalue weighted by Gasteiger charge is -2.27. The number of carbonyl (C=O) groups excluding carboxylic acids is 1. The van der Waals surface area contributed by atoms with Gasteiger partial charge >= 0.3 is 0 Å². The van der Waals surface area contributed by atoms with Crippen molar-refractivity contribution in [2.24, 2.45) is 4.99 Å². The second-order valence-corrected chi connectivity index (χ2v) is 10.6. The lowest BCUT2D eigenvalue weighted by atomic mass is 9.99. The van der Waals surface area contributed by atoms with E-state index in [9.17, 15) is 4.79 Å². The fourth-order valence-electron chi connectivity index (χ4n) is 4.64. The number of benzene rings is 3. The zero-order chi connectivity index (χ0) is 29.6. The molecule has 0 saturated heterocycles. The minimum atomic E-state index is -0.478. The number of amidine groups is 2. The predicted octanol–water partition coefficient (Wildman–Crippen LogP) is 6.98. The number of rotatable bonds is 11. The fourth-order valence-corrected chi connectivity index (χ4v) is 5.53. The van der Waals surface area contributed by atoms with E-state index in [1.54, 1.807) is 23.1 Å². The molecule has 5 rings (SSSR count). The largest absolute Gasteiger partial charge is 0.493 e. The first kappa shape index (κ1) is 29.0. The average molecular weight is 584 g/mol. The van der Waals surface area contributed by atoms with E-state index in [2.05, 4.69) is 31.0 Å². The van der Waals surface area contributed by atoms with E-state index >= 15 is 0 Å². The normalized spacial score (nSPS) is 16.1. The maximum Gasteiger partial charge on any atom is 0.283 e. The standard InChI is InChI=1S/C33H33N3O5S/c1-5-21(2)23-11-13-25(14-12-23)40-15-16-41-30-28(38-3)18-22(19-29(30)39-4)17-26-31(34)36-27(24-9-7-6-8-10-24)20-42-33(36)35-32(26)37/h6-14,17-21,34H,5,15-16H2,1-4H3/b26-17-,34-31?/t21-/m0/s1. The molecule has 1 N–H and O–H groups in total. The minimum absolute atomic E-state index is 0.0534. The van der Waals surface area contributed by atoms with Crippen LogP contribution in [0.3, 0.4) is 0 Å². The number of fused-ring (bicyclic) bond motifs is 1. The molecule has 216 valence electrons. The van der Waals surface area contributed by atoms with Gasteiger partial charge in [-0.15, -0.1) is 0 Å². The van der Waals surface area contributed by atoms with Crippen LogP contribution in [0.15, 0.2) is 82.7 Å². The smallest absolute Gasteiger partial charge is 0.283 e. The van der Waals surface area contributed by atoms with Gasteiger partial charge in [-0.3, -0.25) is 15.1 Å². The first-order valence-corrected chi connectivity index (χ1v) is 14.6. The molecule has 0 bridgehead atoms. The van der Waals surface area contributed by atoms with Gasteiger partial charge in [-0.1, -0.05) is 68.1 Å². The molecule has 1 atom stereocenters. The number of hydrogen-bond acceptors (Lipinski definition) is 7. The van der Waals surface area contributed by atoms with Crippen LogP contribution in [-0.4, -0.2) is 49.2 Å². The summed E-state index contributed by atoms with van der Waals surface area (Å²) in [6.07, 6.45) is 2.71. The maximum atomic E-state index is 13.0. The topological polar surface area (TPSA) is 93.4 Å². The molecule has 0 unspecified atom stereocenters. The number of methoxy groups -OCH3 is 2. The van der Waals surface area contributed by atoms with Crippen molar-refractivity contribution in [1.29, 1.82) is 5.41 Å². The molecular formula is C33H33N3O5S. The highest BCUT2D eigenvalue weighted by Gasteiger charge is 2.36. The van der Waals surface area contributed by atoms with Crippen molar-refractivity contribution in [3.63, 3.8) is 0 Å². The Labute approximate surface area is 250 Å². The number of hydrogen-bond donors (Lipinski definition) is 1. The van der Waals surface area contributed by atoms with E-state index < -0.39 is 5.91 Å². The molecular weight excluding hydrogens is 550 g/mol. The van der Waals surface area contributed by atoms with E-state index in [4.69, 9.17) is 24.4 Å². The molecule has 0 radical (unpaired) electrons. The van der Waals surface area contributed by atoms with Crippen LogP contribution in [0.25, 0.3) is 11.8 Å². The number of ether oxygens (including phenoxy) is 4. The van der Waals surface area contributed by atoms with E-state index in [0.717, 1.165) is 23.4 Å². The van der Waals surface area contributed by atoms with Gasteiger partial charge in [0.05, 0.1) is 25.5 Å². The summed E-state index contributed by atoms with van der Waals surface area (Å²) in [4.78, 5) is 18.9. The van der Waals surface area contributed by atoms with Crippen LogP contribution in [0.4, 0.5) is 0 Å². The second-order valence-electron chi connectivity index (χ2n) is 9.76. The summed E-state index contributed by atoms with van der Waals surface area (Å²) in [5.41, 5.74) is 3.79. The summed E-state index contributed by atoms with van der Waals surface area (Å²) < 4.78 is 23.1. The van der Waals surface area contributed by atoms with E-state index in [1.807, 2.05) is 47.9 Å². The number of aliphatic imine (C=N–C) groups is 1. The molecule has 3 aromatic carbocycles. The van der Waals surface area contributed by atoms with Gasteiger partial charge in [-0.25, -0.2) is 0 Å². The molecule has 2 aliphatic rings. The molecule has 0 aromatic heterocycles. The van der Waals surface area contributed by atoms with E-state index in [1.165, 1.54) is 31.5 Å². The summed E-state index contributed by atoms with van der Waals surface area (Å²) in [6.45, 7) is 4.98. The van der Waals surface area contributed by atoms with Crippen LogP contribution in [0.5, 0.6) is 23.0 Å². The monoisotopic (exact) mass is 583 g/mol. The Hall–Kier alpha value is -4.50. The Morgan fingerprint density at radius 3 is 2.29 bits per heavy atom. The summed E-state index contributed by atoms with van der Waals surface area (Å²) in [5.74, 6) is 2.15. The number of nitrogens with one attached hydrogen (secondary N) is 1. The fraction of sp³-hybridized carbons (Fsp3) is 0.242. The van der Waals surface area contributed by atoms with E-state index in [0.29, 0.717) is 40.5 Å². The molecule has 0 aliphatic carbocycles. The third-order valence-electron chi connectivity index (χ3n) is 7.14. The van der Waals surface area contributed by atoms with E-state index in [-0.39, 0.29) is 18.0 Å². The zero-order valence-electron chi connectivity index (χ0n) is 24.0. The number of thioether (sulfide) groups is 1. The lowest BCUT2D eigenvalue weighted by Crippen LogP contribution is -2.38. The van der Waals surface area contributed by atoms with Gasteiger partial charge in [0.2, 0.25) is 5.75 Å². The first-order chi connectivity index (χ1) is 20.4. The van der Waals surface area contributed by atoms with Crippen molar-refractivity contribution < 1.29 is 23.7 Å². The third-order valence-corrected chi connectivity index (χ3v) is 7.96. The Bertz CT molecular complexity index is 1540. The van der Waals surface area contributed by atoms with Crippen molar-refractivity contribution in [2.45, 2.75) is 26.2 Å². The molecule has 2 heterocycles. The number of amides is 1. The zero-order valence-corrected chi connectivity index (χ0v) is 24.9. The third kappa shape index (κ3) is 6.06. The molecule has 1 amide bonds. The first-order valence-electron chi connectivity index (χ1n) is 13.7. The highest BCUT2D eigenvalue weighted by molar-refractivity contribution is 8.17. The summed E-state index contributed by atoms with van der Waals surface area (Å²) >= 11 is 1.33. The lowest BCUT2D eigenvalue weighted by molar-refractivity contribution is -0.114. The summed E-state index contributed by atoms with van der Waals surface area (Å²) in [5, 5.41) is 11.3. The Morgan fingerprint density at radius 2 is 1.64 bits per heavy atom. The average Bonchev–Trinajstić information content (AvgIpc) is 3.45. The Balaban J connectivity index is 1.31. The number of nitrogens with zero attached hydrogens (tertiary/aromatic N) is 2. The van der Waals surface area contributed by atoms with Crippen molar-refractivity contribution in [3.05, 3.63) is 94.4 Å². The molecule has 2 aliphatic heterocycles. The summed E-state index contributed by atoms with van der Waals surface area (Å²) in [6, 6.07) is 21.3. The van der Waals surface area contributed by atoms with Crippen LogP contribution in [0.2, 0.25) is 0 Å². The van der Waals surface area contributed by atoms with Crippen LogP contribution >= 0.6 is 11.8 Å². The summed E-state index contributed by atoms with van der Waals surface area (Å²) in [7, 11) is 3.08. The highest BCUT2D eigenvalue weighted by atomic mass is 32.2. The van der Waals surface area contributed by atoms with Gasteiger partial charge in [0.25, 0.3) is 5.91 Å². The van der Waals surface area contributed by atoms with Crippen LogP contribution in [-0.2, 0) is 4.79 Å². The van der Waals surface area contributed by atoms with Gasteiger partial charge in [-0.05, 0) is 59.4 Å². The SMILES string of the molecule is CC[C@H](C)c1ccc(OCCOc2c(OC)cc(/C=C3/C(=N)N4C(c5ccccc5)=CSC4=NC3=O)cc2OC)cc1. The molecule has 9 heteroatoms. The molecule has 0 saturated carbocycles. The van der Waals surface area contributed by atoms with Crippen LogP contribution in [0.1, 0.15) is 42.9 Å². The second kappa shape index (κ2) is 13.0. The quantitative estimate of drug-likeness (QED) is 0.192. The molecule has 8 nitrogen and oxygen atoms in total. The molecule has 0 spiro atoms. The maximum absolute atomic E-state index is 13.0. The van der Waals surface area contributed by atoms with Crippen molar-refractivity contribution >= 4 is 40.4 Å². The Morgan fingerprint density at radius 1 is 0.976 bits per heavy atom. The van der Waals surface area contributed by atoms with Gasteiger partial charge in [0.1, 0.15) is 24.8 Å². The van der Waals surface area contributed by atoms with Crippen molar-refractivity contribution in [3.8, 4) is 23.0 Å². The van der Waals surface area contributed by atoms with Crippen molar-refractivity contribution in [1.82, 2.24) is 4.90 Å². The van der Waals surface area contributed by atoms with Gasteiger partial charge in [-0.2, -0.15) is 4.99 Å². The Kier molecular flexibility index (Phi) is 8.97. The number of carbonyl (C=O) groups is 1. The molecule has 0 fully saturated rings.